The van der Waals surface area contributed by atoms with E-state index >= 15 is 0 Å². The highest BCUT2D eigenvalue weighted by Gasteiger charge is 2.37. The molecule has 5 nitrogen and oxygen atoms in total. The normalized spacial score (nSPS) is 12.0. The third-order valence-electron chi connectivity index (χ3n) is 5.45. The molecule has 0 fully saturated rings. The van der Waals surface area contributed by atoms with Gasteiger partial charge >= 0.3 is 0 Å². The van der Waals surface area contributed by atoms with Gasteiger partial charge in [-0.25, -0.2) is 4.98 Å². The maximum atomic E-state index is 12.0. The molecule has 4 aromatic rings. The van der Waals surface area contributed by atoms with Crippen LogP contribution in [-0.4, -0.2) is 35.6 Å². The number of aromatic amines is 1. The molecule has 0 aliphatic rings. The number of fused-ring (bicyclic) bond motifs is 1. The van der Waals surface area contributed by atoms with Gasteiger partial charge in [0.25, 0.3) is 0 Å². The molecule has 154 valence electrons. The van der Waals surface area contributed by atoms with Crippen LogP contribution in [-0.2, 0) is 21.5 Å². The number of hydrogen-bond donors (Lipinski definition) is 2. The molecular weight excluding hydrogens is 376 g/mol. The van der Waals surface area contributed by atoms with Gasteiger partial charge in [-0.05, 0) is 35.2 Å². The van der Waals surface area contributed by atoms with E-state index in [1.165, 1.54) is 0 Å². The fraction of sp³-hybridized carbons (Fsp3) is 0.240. The highest BCUT2D eigenvalue weighted by atomic mass is 16.7. The lowest BCUT2D eigenvalue weighted by molar-refractivity contribution is -0.100. The molecule has 0 saturated heterocycles. The number of ether oxygens (including phenoxy) is 2. The van der Waals surface area contributed by atoms with Crippen LogP contribution in [0, 0.1) is 6.92 Å². The summed E-state index contributed by atoms with van der Waals surface area (Å²) in [4.78, 5) is 8.26. The second kappa shape index (κ2) is 8.40. The molecule has 4 rings (SSSR count). The zero-order chi connectivity index (χ0) is 21.1. The summed E-state index contributed by atoms with van der Waals surface area (Å²) in [7, 11) is 3.25. The van der Waals surface area contributed by atoms with E-state index < -0.39 is 5.60 Å². The van der Waals surface area contributed by atoms with E-state index in [1.807, 2.05) is 73.7 Å². The van der Waals surface area contributed by atoms with Gasteiger partial charge in [-0.1, -0.05) is 66.7 Å². The topological polar surface area (TPSA) is 67.4 Å². The first-order valence-corrected chi connectivity index (χ1v) is 9.95. The molecule has 1 heterocycles. The molecule has 30 heavy (non-hydrogen) atoms. The molecule has 0 amide bonds. The largest absolute Gasteiger partial charge is 0.373 e. The average Bonchev–Trinajstić information content (AvgIpc) is 3.22. The van der Waals surface area contributed by atoms with Gasteiger partial charge < -0.3 is 19.6 Å². The summed E-state index contributed by atoms with van der Waals surface area (Å²) in [5.41, 5.74) is 3.87. The van der Waals surface area contributed by atoms with Crippen molar-refractivity contribution in [3.63, 3.8) is 0 Å². The SMILES string of the molecule is COC(Cc1cc(C)cc2[nH]c(C(O)(c3ccccc3)c3ccccc3)nc12)OC. The van der Waals surface area contributed by atoms with Crippen molar-refractivity contribution in [2.75, 3.05) is 14.2 Å². The van der Waals surface area contributed by atoms with E-state index in [2.05, 4.69) is 11.1 Å². The predicted molar refractivity (Wildman–Crippen MR) is 117 cm³/mol. The standard InChI is InChI=1S/C25H26N2O3/c1-17-14-18(16-22(29-2)30-3)23-21(15-17)26-24(27-23)25(28,19-10-6-4-7-11-19)20-12-8-5-9-13-20/h4-15,22,28H,16H2,1-3H3,(H,26,27). The number of benzene rings is 3. The summed E-state index contributed by atoms with van der Waals surface area (Å²) < 4.78 is 10.8. The van der Waals surface area contributed by atoms with Gasteiger partial charge in [0, 0.05) is 20.6 Å². The first kappa shape index (κ1) is 20.3. The van der Waals surface area contributed by atoms with Crippen LogP contribution in [0.2, 0.25) is 0 Å². The maximum absolute atomic E-state index is 12.0. The van der Waals surface area contributed by atoms with Crippen molar-refractivity contribution in [3.05, 3.63) is 101 Å². The molecule has 0 aliphatic heterocycles. The summed E-state index contributed by atoms with van der Waals surface area (Å²) >= 11 is 0. The van der Waals surface area contributed by atoms with Crippen molar-refractivity contribution in [1.29, 1.82) is 0 Å². The molecule has 1 aromatic heterocycles. The second-order valence-electron chi connectivity index (χ2n) is 7.45. The molecule has 2 N–H and O–H groups in total. The molecule has 0 saturated carbocycles. The Labute approximate surface area is 176 Å². The first-order valence-electron chi connectivity index (χ1n) is 9.95. The van der Waals surface area contributed by atoms with Crippen molar-refractivity contribution >= 4 is 11.0 Å². The summed E-state index contributed by atoms with van der Waals surface area (Å²) in [6.45, 7) is 2.04. The van der Waals surface area contributed by atoms with Crippen molar-refractivity contribution in [2.24, 2.45) is 0 Å². The van der Waals surface area contributed by atoms with Gasteiger partial charge in [0.15, 0.2) is 11.9 Å². The van der Waals surface area contributed by atoms with Gasteiger partial charge in [-0.2, -0.15) is 0 Å². The lowest BCUT2D eigenvalue weighted by Crippen LogP contribution is -2.30. The molecule has 0 spiro atoms. The minimum Gasteiger partial charge on any atom is -0.373 e. The van der Waals surface area contributed by atoms with Crippen LogP contribution < -0.4 is 0 Å². The summed E-state index contributed by atoms with van der Waals surface area (Å²) in [6.07, 6.45) is 0.196. The van der Waals surface area contributed by atoms with Gasteiger partial charge in [0.1, 0.15) is 5.82 Å². The Morgan fingerprint density at radius 3 is 2.03 bits per heavy atom. The number of aromatic nitrogens is 2. The molecule has 0 radical (unpaired) electrons. The third kappa shape index (κ3) is 3.63. The number of hydrogen-bond acceptors (Lipinski definition) is 4. The van der Waals surface area contributed by atoms with E-state index in [0.717, 1.165) is 33.3 Å². The minimum atomic E-state index is -1.41. The second-order valence-corrected chi connectivity index (χ2v) is 7.45. The lowest BCUT2D eigenvalue weighted by Gasteiger charge is -2.27. The smallest absolute Gasteiger partial charge is 0.173 e. The number of rotatable bonds is 7. The number of H-pyrrole nitrogens is 1. The summed E-state index contributed by atoms with van der Waals surface area (Å²) in [5.74, 6) is 0.480. The Bertz CT molecular complexity index is 1080. The summed E-state index contributed by atoms with van der Waals surface area (Å²) in [6, 6.07) is 23.3. The van der Waals surface area contributed by atoms with Crippen LogP contribution in [0.15, 0.2) is 72.8 Å². The number of nitrogens with one attached hydrogen (secondary N) is 1. The number of aliphatic hydroxyl groups is 1. The van der Waals surface area contributed by atoms with Crippen LogP contribution in [0.5, 0.6) is 0 Å². The Morgan fingerprint density at radius 2 is 1.50 bits per heavy atom. The van der Waals surface area contributed by atoms with Crippen molar-refractivity contribution < 1.29 is 14.6 Å². The first-order chi connectivity index (χ1) is 14.6. The van der Waals surface area contributed by atoms with Gasteiger partial charge in [0.2, 0.25) is 0 Å². The van der Waals surface area contributed by atoms with E-state index in [1.54, 1.807) is 14.2 Å². The number of nitrogens with zero attached hydrogens (tertiary/aromatic N) is 1. The van der Waals surface area contributed by atoms with Gasteiger partial charge in [-0.3, -0.25) is 0 Å². The monoisotopic (exact) mass is 402 g/mol. The molecule has 3 aromatic carbocycles. The predicted octanol–water partition coefficient (Wildman–Crippen LogP) is 4.32. The van der Waals surface area contributed by atoms with Crippen LogP contribution >= 0.6 is 0 Å². The number of methoxy groups -OCH3 is 2. The van der Waals surface area contributed by atoms with Crippen molar-refractivity contribution in [1.82, 2.24) is 9.97 Å². The zero-order valence-corrected chi connectivity index (χ0v) is 17.4. The zero-order valence-electron chi connectivity index (χ0n) is 17.4. The number of imidazole rings is 1. The Hall–Kier alpha value is -2.99. The minimum absolute atomic E-state index is 0.364. The molecule has 0 bridgehead atoms. The highest BCUT2D eigenvalue weighted by molar-refractivity contribution is 5.80. The van der Waals surface area contributed by atoms with Gasteiger partial charge in [0.05, 0.1) is 11.0 Å². The van der Waals surface area contributed by atoms with Crippen LogP contribution in [0.25, 0.3) is 11.0 Å². The molecule has 0 aliphatic carbocycles. The van der Waals surface area contributed by atoms with E-state index in [-0.39, 0.29) is 6.29 Å². The third-order valence-corrected chi connectivity index (χ3v) is 5.45. The quantitative estimate of drug-likeness (QED) is 0.452. The van der Waals surface area contributed by atoms with E-state index in [0.29, 0.717) is 12.2 Å². The van der Waals surface area contributed by atoms with Crippen LogP contribution in [0.3, 0.4) is 0 Å². The van der Waals surface area contributed by atoms with Gasteiger partial charge in [-0.15, -0.1) is 0 Å². The Balaban J connectivity index is 1.91. The Kier molecular flexibility index (Phi) is 5.68. The van der Waals surface area contributed by atoms with Crippen molar-refractivity contribution in [3.8, 4) is 0 Å². The van der Waals surface area contributed by atoms with E-state index in [9.17, 15) is 5.11 Å². The fourth-order valence-electron chi connectivity index (χ4n) is 3.92. The lowest BCUT2D eigenvalue weighted by atomic mass is 9.85. The maximum Gasteiger partial charge on any atom is 0.173 e. The average molecular weight is 402 g/mol. The summed E-state index contributed by atoms with van der Waals surface area (Å²) in [5, 5.41) is 12.0. The molecule has 5 heteroatoms. The highest BCUT2D eigenvalue weighted by Crippen LogP contribution is 2.36. The van der Waals surface area contributed by atoms with Crippen molar-refractivity contribution in [2.45, 2.75) is 25.2 Å². The Morgan fingerprint density at radius 1 is 0.933 bits per heavy atom. The number of aryl methyl sites for hydroxylation is 1. The van der Waals surface area contributed by atoms with E-state index in [4.69, 9.17) is 14.5 Å². The fourth-order valence-corrected chi connectivity index (χ4v) is 3.92. The van der Waals surface area contributed by atoms with Crippen LogP contribution in [0.4, 0.5) is 0 Å². The molecule has 0 atom stereocenters. The molecule has 0 unspecified atom stereocenters. The molecular formula is C25H26N2O3. The van der Waals surface area contributed by atoms with Crippen LogP contribution in [0.1, 0.15) is 28.1 Å².